The summed E-state index contributed by atoms with van der Waals surface area (Å²) >= 11 is 0. The van der Waals surface area contributed by atoms with Crippen molar-refractivity contribution in [3.05, 3.63) is 103 Å². The first-order valence-corrected chi connectivity index (χ1v) is 6.12. The van der Waals surface area contributed by atoms with Gasteiger partial charge in [0.05, 0.1) is 0 Å². The number of rotatable bonds is 2. The van der Waals surface area contributed by atoms with Crippen LogP contribution in [-0.4, -0.2) is 0 Å². The van der Waals surface area contributed by atoms with Crippen molar-refractivity contribution >= 4 is 0 Å². The maximum absolute atomic E-state index is 2.99. The summed E-state index contributed by atoms with van der Waals surface area (Å²) in [5.74, 6) is 0. The molecule has 0 saturated heterocycles. The van der Waals surface area contributed by atoms with Gasteiger partial charge in [-0.05, 0) is 0 Å². The molecule has 0 aliphatic heterocycles. The molecule has 0 N–H and O–H groups in total. The molecular weight excluding hydrogens is 378 g/mol. The van der Waals surface area contributed by atoms with E-state index in [2.05, 4.69) is 67.1 Å². The second kappa shape index (κ2) is 14.2. The first kappa shape index (κ1) is 22.5. The summed E-state index contributed by atoms with van der Waals surface area (Å²) in [7, 11) is 0. The molecule has 3 rings (SSSR count). The molecule has 0 spiro atoms. The van der Waals surface area contributed by atoms with Gasteiger partial charge in [0.25, 0.3) is 0 Å². The van der Waals surface area contributed by atoms with E-state index in [0.717, 1.165) is 6.42 Å². The minimum absolute atomic E-state index is 0. The van der Waals surface area contributed by atoms with Crippen molar-refractivity contribution < 1.29 is 51.0 Å². The van der Waals surface area contributed by atoms with Crippen molar-refractivity contribution in [2.45, 2.75) is 6.42 Å². The second-order valence-corrected chi connectivity index (χ2v) is 3.97. The Morgan fingerprint density at radius 2 is 1.24 bits per heavy atom. The smallest absolute Gasteiger partial charge is 1.00 e. The number of hydrogen-bond donors (Lipinski definition) is 0. The fourth-order valence-corrected chi connectivity index (χ4v) is 1.63. The molecule has 0 bridgehead atoms. The van der Waals surface area contributed by atoms with E-state index in [1.165, 1.54) is 11.1 Å². The van der Waals surface area contributed by atoms with Crippen LogP contribution in [0.15, 0.2) is 78.9 Å². The maximum Gasteiger partial charge on any atom is 4.00 e. The molecule has 2 aromatic carbocycles. The van der Waals surface area contributed by atoms with Crippen LogP contribution in [0.2, 0.25) is 0 Å². The zero-order valence-electron chi connectivity index (χ0n) is 11.5. The van der Waals surface area contributed by atoms with Crippen LogP contribution in [-0.2, 0) is 26.2 Å². The van der Waals surface area contributed by atoms with Crippen LogP contribution in [0.4, 0.5) is 0 Å². The van der Waals surface area contributed by atoms with E-state index in [4.69, 9.17) is 0 Å². The molecule has 0 atom stereocenters. The fourth-order valence-electron chi connectivity index (χ4n) is 1.63. The molecule has 0 unspecified atom stereocenters. The van der Waals surface area contributed by atoms with Crippen molar-refractivity contribution in [3.8, 4) is 0 Å². The quantitative estimate of drug-likeness (QED) is 0.550. The molecule has 2 aromatic rings. The molecule has 1 aliphatic carbocycles. The molecule has 0 saturated carbocycles. The normalized spacial score (nSPS) is 10.1. The average Bonchev–Trinajstić information content (AvgIpc) is 3.00. The van der Waals surface area contributed by atoms with Crippen molar-refractivity contribution in [3.63, 3.8) is 0 Å². The van der Waals surface area contributed by atoms with E-state index < -0.39 is 0 Å². The summed E-state index contributed by atoms with van der Waals surface area (Å²) in [4.78, 5) is 0. The zero-order valence-corrected chi connectivity index (χ0v) is 15.5. The Morgan fingerprint density at radius 3 is 1.52 bits per heavy atom. The molecule has 21 heavy (non-hydrogen) atoms. The first-order chi connectivity index (χ1) is 8.95. The van der Waals surface area contributed by atoms with Crippen molar-refractivity contribution in [2.75, 3.05) is 0 Å². The molecule has 0 heterocycles. The zero-order chi connectivity index (χ0) is 12.5. The SMILES string of the molecule is [C-]1=CC=CC1.[Cl-].[Cl-].[Zr+4].c1ccc([CH-]c2ccccc2)cc1. The predicted octanol–water partition coefficient (Wildman–Crippen LogP) is -1.40. The summed E-state index contributed by atoms with van der Waals surface area (Å²) in [5.41, 5.74) is 2.49. The molecule has 0 radical (unpaired) electrons. The Morgan fingerprint density at radius 1 is 0.762 bits per heavy atom. The van der Waals surface area contributed by atoms with Crippen molar-refractivity contribution in [1.29, 1.82) is 0 Å². The maximum atomic E-state index is 2.99. The van der Waals surface area contributed by atoms with Crippen LogP contribution in [0.3, 0.4) is 0 Å². The largest absolute Gasteiger partial charge is 4.00 e. The first-order valence-electron chi connectivity index (χ1n) is 6.12. The van der Waals surface area contributed by atoms with Gasteiger partial charge >= 0.3 is 26.2 Å². The Balaban J connectivity index is 0. The van der Waals surface area contributed by atoms with Gasteiger partial charge in [-0.15, -0.1) is 48.2 Å². The van der Waals surface area contributed by atoms with E-state index >= 15 is 0 Å². The van der Waals surface area contributed by atoms with Crippen LogP contribution < -0.4 is 24.8 Å². The number of halogens is 2. The second-order valence-electron chi connectivity index (χ2n) is 3.97. The number of benzene rings is 2. The number of hydrogen-bond acceptors (Lipinski definition) is 0. The summed E-state index contributed by atoms with van der Waals surface area (Å²) in [5, 5.41) is 0. The summed E-state index contributed by atoms with van der Waals surface area (Å²) in [6.07, 6.45) is 12.2. The van der Waals surface area contributed by atoms with Crippen LogP contribution in [0.25, 0.3) is 0 Å². The van der Waals surface area contributed by atoms with Gasteiger partial charge in [0.2, 0.25) is 0 Å². The van der Waals surface area contributed by atoms with Crippen LogP contribution >= 0.6 is 0 Å². The van der Waals surface area contributed by atoms with Gasteiger partial charge in [-0.25, -0.2) is 12.2 Å². The van der Waals surface area contributed by atoms with Gasteiger partial charge in [0, 0.05) is 0 Å². The van der Waals surface area contributed by atoms with Crippen molar-refractivity contribution in [1.82, 2.24) is 0 Å². The molecule has 3 heteroatoms. The molecule has 0 fully saturated rings. The Bertz CT molecular complexity index is 460. The number of allylic oxidation sites excluding steroid dienone is 4. The third-order valence-corrected chi connectivity index (χ3v) is 2.52. The van der Waals surface area contributed by atoms with Crippen LogP contribution in [0.1, 0.15) is 17.5 Å². The Hall–Kier alpha value is -0.747. The fraction of sp³-hybridized carbons (Fsp3) is 0.0556. The molecule has 0 aromatic heterocycles. The molecule has 1 aliphatic rings. The van der Waals surface area contributed by atoms with E-state index in [-0.39, 0.29) is 51.0 Å². The third kappa shape index (κ3) is 9.74. The van der Waals surface area contributed by atoms with E-state index in [0.29, 0.717) is 0 Å². The van der Waals surface area contributed by atoms with Crippen LogP contribution in [0, 0.1) is 12.5 Å². The summed E-state index contributed by atoms with van der Waals surface area (Å²) in [6, 6.07) is 20.7. The van der Waals surface area contributed by atoms with E-state index in [1.807, 2.05) is 24.3 Å². The molecular formula is C18H16Cl2Zr. The Labute approximate surface area is 159 Å². The predicted molar refractivity (Wildman–Crippen MR) is 77.0 cm³/mol. The Kier molecular flexibility index (Phi) is 15.2. The van der Waals surface area contributed by atoms with Gasteiger partial charge in [0.1, 0.15) is 0 Å². The summed E-state index contributed by atoms with van der Waals surface area (Å²) in [6.45, 7) is 0. The molecule has 0 nitrogen and oxygen atoms in total. The molecule has 106 valence electrons. The third-order valence-electron chi connectivity index (χ3n) is 2.52. The molecule has 0 amide bonds. The monoisotopic (exact) mass is 392 g/mol. The summed E-state index contributed by atoms with van der Waals surface area (Å²) < 4.78 is 0. The van der Waals surface area contributed by atoms with E-state index in [9.17, 15) is 0 Å². The minimum Gasteiger partial charge on any atom is -1.00 e. The average molecular weight is 394 g/mol. The van der Waals surface area contributed by atoms with Gasteiger partial charge in [-0.3, -0.25) is 6.08 Å². The van der Waals surface area contributed by atoms with Gasteiger partial charge in [-0.1, -0.05) is 36.4 Å². The van der Waals surface area contributed by atoms with E-state index in [1.54, 1.807) is 0 Å². The van der Waals surface area contributed by atoms with Gasteiger partial charge in [0.15, 0.2) is 0 Å². The van der Waals surface area contributed by atoms with Gasteiger partial charge < -0.3 is 24.8 Å². The van der Waals surface area contributed by atoms with Gasteiger partial charge in [-0.2, -0.15) is 6.08 Å². The van der Waals surface area contributed by atoms with Crippen LogP contribution in [0.5, 0.6) is 0 Å². The topological polar surface area (TPSA) is 0 Å². The minimum atomic E-state index is 0. The van der Waals surface area contributed by atoms with Crippen molar-refractivity contribution in [2.24, 2.45) is 0 Å². The standard InChI is InChI=1S/C13H11.C5H5.2ClH.Zr/c1-3-7-12(8-4-1)11-13-9-5-2-6-10-13;1-2-4-5-3-1;;;/h1-11H;1-3H,4H2;2*1H;/q2*-1;;;+4/p-2.